The van der Waals surface area contributed by atoms with Gasteiger partial charge in [-0.25, -0.2) is 9.98 Å². The zero-order valence-electron chi connectivity index (χ0n) is 12.5. The number of rotatable bonds is 2. The Bertz CT molecular complexity index is 796. The van der Waals surface area contributed by atoms with Gasteiger partial charge in [-0.15, -0.1) is 9.73 Å². The molecule has 2 unspecified atom stereocenters. The Morgan fingerprint density at radius 3 is 2.81 bits per heavy atom. The van der Waals surface area contributed by atoms with Gasteiger partial charge >= 0.3 is 0 Å². The molecule has 8 heteroatoms. The fourth-order valence-electron chi connectivity index (χ4n) is 2.47. The molecule has 1 aliphatic heterocycles. The number of aromatic nitrogens is 4. The van der Waals surface area contributed by atoms with Crippen molar-refractivity contribution in [3.05, 3.63) is 16.7 Å². The largest absolute Gasteiger partial charge is 0.388 e. The summed E-state index contributed by atoms with van der Waals surface area (Å²) in [7, 11) is 0. The van der Waals surface area contributed by atoms with Crippen molar-refractivity contribution < 1.29 is 0 Å². The zero-order valence-corrected chi connectivity index (χ0v) is 12.5. The maximum atomic E-state index is 5.68. The van der Waals surface area contributed by atoms with Crippen molar-refractivity contribution in [2.75, 3.05) is 0 Å². The molecule has 3 N–H and O–H groups in total. The van der Waals surface area contributed by atoms with Crippen LogP contribution in [0.25, 0.3) is 11.7 Å². The van der Waals surface area contributed by atoms with Crippen LogP contribution < -0.4 is 16.4 Å². The molecular weight excluding hydrogens is 268 g/mol. The van der Waals surface area contributed by atoms with Gasteiger partial charge in [-0.2, -0.15) is 10.2 Å². The van der Waals surface area contributed by atoms with E-state index < -0.39 is 0 Å². The molecule has 2 aromatic rings. The second-order valence-electron chi connectivity index (χ2n) is 5.26. The van der Waals surface area contributed by atoms with Crippen molar-refractivity contribution in [3.8, 4) is 0 Å². The third kappa shape index (κ3) is 2.32. The number of hydrogen-bond acceptors (Lipinski definition) is 6. The van der Waals surface area contributed by atoms with Crippen LogP contribution in [0.4, 0.5) is 0 Å². The van der Waals surface area contributed by atoms with Crippen LogP contribution in [0.2, 0.25) is 0 Å². The second kappa shape index (κ2) is 4.80. The highest BCUT2D eigenvalue weighted by Gasteiger charge is 2.27. The third-order valence-electron chi connectivity index (χ3n) is 3.46. The van der Waals surface area contributed by atoms with Gasteiger partial charge < -0.3 is 5.73 Å². The molecule has 0 saturated heterocycles. The topological polar surface area (TPSA) is 106 Å². The van der Waals surface area contributed by atoms with Crippen LogP contribution in [-0.2, 0) is 0 Å². The van der Waals surface area contributed by atoms with Gasteiger partial charge in [0.15, 0.2) is 5.65 Å². The zero-order chi connectivity index (χ0) is 15.1. The summed E-state index contributed by atoms with van der Waals surface area (Å²) in [5.41, 5.74) is 11.3. The first-order valence-corrected chi connectivity index (χ1v) is 6.77. The molecule has 110 valence electrons. The summed E-state index contributed by atoms with van der Waals surface area (Å²) in [6.45, 7) is 7.52. The summed E-state index contributed by atoms with van der Waals surface area (Å²) in [4.78, 5) is 8.80. The predicted molar refractivity (Wildman–Crippen MR) is 80.8 cm³/mol. The Kier molecular flexibility index (Phi) is 3.08. The van der Waals surface area contributed by atoms with Gasteiger partial charge in [0.1, 0.15) is 12.0 Å². The van der Waals surface area contributed by atoms with Gasteiger partial charge in [0.25, 0.3) is 0 Å². The Labute approximate surface area is 121 Å². The first kappa shape index (κ1) is 13.5. The SMILES string of the molecule is CC1=NNC(/N=C(/C)N)C1/C=c1/c(C)nn2nc(C)nc12. The maximum Gasteiger partial charge on any atom is 0.185 e. The highest BCUT2D eigenvalue weighted by Crippen LogP contribution is 2.16. The molecule has 3 rings (SSSR count). The minimum Gasteiger partial charge on any atom is -0.388 e. The summed E-state index contributed by atoms with van der Waals surface area (Å²) in [5.74, 6) is 1.25. The molecule has 0 amide bonds. The van der Waals surface area contributed by atoms with E-state index in [4.69, 9.17) is 5.73 Å². The van der Waals surface area contributed by atoms with E-state index in [1.165, 1.54) is 0 Å². The Morgan fingerprint density at radius 1 is 1.33 bits per heavy atom. The molecule has 21 heavy (non-hydrogen) atoms. The predicted octanol–water partition coefficient (Wildman–Crippen LogP) is -0.461. The minimum absolute atomic E-state index is 0.0206. The van der Waals surface area contributed by atoms with Crippen LogP contribution in [0.3, 0.4) is 0 Å². The molecule has 2 atom stereocenters. The quantitative estimate of drug-likeness (QED) is 0.574. The molecule has 0 aromatic carbocycles. The van der Waals surface area contributed by atoms with Crippen molar-refractivity contribution in [2.45, 2.75) is 33.9 Å². The lowest BCUT2D eigenvalue weighted by molar-refractivity contribution is 0.563. The Hall–Kier alpha value is -2.51. The van der Waals surface area contributed by atoms with Crippen molar-refractivity contribution in [2.24, 2.45) is 21.7 Å². The van der Waals surface area contributed by atoms with E-state index in [1.54, 1.807) is 11.6 Å². The molecule has 2 aromatic heterocycles. The maximum absolute atomic E-state index is 5.68. The Balaban J connectivity index is 2.11. The van der Waals surface area contributed by atoms with E-state index in [1.807, 2.05) is 20.8 Å². The molecule has 0 spiro atoms. The van der Waals surface area contributed by atoms with Crippen LogP contribution in [0.1, 0.15) is 25.4 Å². The number of hydrazone groups is 1. The standard InChI is InChI=1S/C13H18N8/c1-6-10(12(18-17-6)15-8(3)14)5-11-7(2)19-21-13(11)16-9(4)20-21/h5,10,12,18H,1-4H3,(H2,14,15)/b11-5-. The van der Waals surface area contributed by atoms with E-state index in [-0.39, 0.29) is 12.1 Å². The van der Waals surface area contributed by atoms with Crippen LogP contribution in [0, 0.1) is 19.8 Å². The number of hydrogen-bond donors (Lipinski definition) is 2. The van der Waals surface area contributed by atoms with Gasteiger partial charge in [-0.1, -0.05) is 6.08 Å². The smallest absolute Gasteiger partial charge is 0.185 e. The summed E-state index contributed by atoms with van der Waals surface area (Å²) < 4.78 is 1.57. The average molecular weight is 286 g/mol. The molecule has 1 aliphatic rings. The number of aryl methyl sites for hydroxylation is 2. The van der Waals surface area contributed by atoms with Gasteiger partial charge in [-0.05, 0) is 27.7 Å². The first-order valence-electron chi connectivity index (χ1n) is 6.77. The lowest BCUT2D eigenvalue weighted by Gasteiger charge is -2.12. The second-order valence-corrected chi connectivity index (χ2v) is 5.26. The van der Waals surface area contributed by atoms with E-state index in [2.05, 4.69) is 36.8 Å². The molecule has 0 saturated carbocycles. The lowest BCUT2D eigenvalue weighted by Crippen LogP contribution is -2.29. The number of nitrogens with two attached hydrogens (primary N) is 1. The van der Waals surface area contributed by atoms with Crippen molar-refractivity contribution in [3.63, 3.8) is 0 Å². The van der Waals surface area contributed by atoms with Crippen molar-refractivity contribution in [1.29, 1.82) is 0 Å². The molecule has 0 fully saturated rings. The fourth-order valence-corrected chi connectivity index (χ4v) is 2.47. The number of aliphatic imine (C=N–C) groups is 1. The van der Waals surface area contributed by atoms with Crippen LogP contribution in [0.5, 0.6) is 0 Å². The van der Waals surface area contributed by atoms with E-state index in [0.717, 1.165) is 22.3 Å². The van der Waals surface area contributed by atoms with Crippen molar-refractivity contribution in [1.82, 2.24) is 25.2 Å². The fraction of sp³-hybridized carbons (Fsp3) is 0.462. The number of fused-ring (bicyclic) bond motifs is 1. The van der Waals surface area contributed by atoms with Gasteiger partial charge in [0.2, 0.25) is 0 Å². The monoisotopic (exact) mass is 286 g/mol. The molecule has 3 heterocycles. The molecule has 0 bridgehead atoms. The minimum atomic E-state index is -0.187. The lowest BCUT2D eigenvalue weighted by atomic mass is 10.0. The van der Waals surface area contributed by atoms with Gasteiger partial charge in [0, 0.05) is 10.9 Å². The summed E-state index contributed by atoms with van der Waals surface area (Å²) in [6.07, 6.45) is 1.90. The average Bonchev–Trinajstić information content (AvgIpc) is 2.98. The third-order valence-corrected chi connectivity index (χ3v) is 3.46. The highest BCUT2D eigenvalue weighted by molar-refractivity contribution is 5.92. The Morgan fingerprint density at radius 2 is 2.10 bits per heavy atom. The summed E-state index contributed by atoms with van der Waals surface area (Å²) >= 11 is 0. The van der Waals surface area contributed by atoms with Crippen molar-refractivity contribution >= 4 is 23.3 Å². The van der Waals surface area contributed by atoms with Crippen LogP contribution in [0.15, 0.2) is 10.1 Å². The molecular formula is C13H18N8. The molecule has 0 aliphatic carbocycles. The normalized spacial score (nSPS) is 23.7. The van der Waals surface area contributed by atoms with E-state index in [0.29, 0.717) is 11.7 Å². The summed E-state index contributed by atoms with van der Waals surface area (Å²) in [5, 5.41) is 13.8. The van der Waals surface area contributed by atoms with Crippen LogP contribution in [-0.4, -0.2) is 37.5 Å². The first-order chi connectivity index (χ1) is 9.95. The van der Waals surface area contributed by atoms with Gasteiger partial charge in [-0.3, -0.25) is 5.43 Å². The van der Waals surface area contributed by atoms with Crippen LogP contribution >= 0.6 is 0 Å². The highest BCUT2D eigenvalue weighted by atomic mass is 15.5. The van der Waals surface area contributed by atoms with Gasteiger partial charge in [0.05, 0.1) is 17.4 Å². The number of nitrogens with one attached hydrogen (secondary N) is 1. The van der Waals surface area contributed by atoms with E-state index >= 15 is 0 Å². The summed E-state index contributed by atoms with van der Waals surface area (Å²) in [6, 6.07) is 0. The number of nitrogens with zero attached hydrogens (tertiary/aromatic N) is 6. The van der Waals surface area contributed by atoms with E-state index in [9.17, 15) is 0 Å². The number of amidine groups is 1. The molecule has 8 nitrogen and oxygen atoms in total. The molecule has 0 radical (unpaired) electrons.